The van der Waals surface area contributed by atoms with Crippen molar-refractivity contribution in [3.63, 3.8) is 0 Å². The molecule has 0 saturated carbocycles. The summed E-state index contributed by atoms with van der Waals surface area (Å²) >= 11 is 0. The number of benzene rings is 2. The summed E-state index contributed by atoms with van der Waals surface area (Å²) in [5.74, 6) is -0.107. The number of amides is 2. The second-order valence-corrected chi connectivity index (χ2v) is 7.10. The number of hydrazine groups is 1. The van der Waals surface area contributed by atoms with Crippen LogP contribution in [0.4, 0.5) is 15.3 Å². The van der Waals surface area contributed by atoms with Crippen LogP contribution in [-0.2, 0) is 19.0 Å². The van der Waals surface area contributed by atoms with Gasteiger partial charge in [0.15, 0.2) is 6.17 Å². The van der Waals surface area contributed by atoms with E-state index in [2.05, 4.69) is 0 Å². The molecule has 0 spiro atoms. The third kappa shape index (κ3) is 4.85. The van der Waals surface area contributed by atoms with Crippen molar-refractivity contribution >= 4 is 23.8 Å². The lowest BCUT2D eigenvalue weighted by atomic mass is 10.1. The van der Waals surface area contributed by atoms with E-state index in [1.54, 1.807) is 81.3 Å². The molecule has 10 heteroatoms. The van der Waals surface area contributed by atoms with Crippen molar-refractivity contribution in [2.24, 2.45) is 0 Å². The summed E-state index contributed by atoms with van der Waals surface area (Å²) in [6.45, 7) is 5.15. The van der Waals surface area contributed by atoms with Gasteiger partial charge in [-0.3, -0.25) is 0 Å². The van der Waals surface area contributed by atoms with Crippen LogP contribution in [0.25, 0.3) is 0 Å². The van der Waals surface area contributed by atoms with Crippen molar-refractivity contribution in [3.05, 3.63) is 60.2 Å². The minimum absolute atomic E-state index is 0.0417. The highest BCUT2D eigenvalue weighted by Crippen LogP contribution is 2.42. The second kappa shape index (κ2) is 11.3. The van der Waals surface area contributed by atoms with Crippen molar-refractivity contribution in [3.8, 4) is 5.75 Å². The van der Waals surface area contributed by atoms with Gasteiger partial charge in [-0.05, 0) is 50.6 Å². The molecular formula is C24H29N3O7. The lowest BCUT2D eigenvalue weighted by Gasteiger charge is -2.31. The van der Waals surface area contributed by atoms with Crippen LogP contribution in [0.3, 0.4) is 0 Å². The average molecular weight is 472 g/mol. The van der Waals surface area contributed by atoms with Crippen LogP contribution in [0.2, 0.25) is 0 Å². The molecule has 0 bridgehead atoms. The Morgan fingerprint density at radius 2 is 1.32 bits per heavy atom. The Kier molecular flexibility index (Phi) is 8.18. The molecule has 0 aliphatic carbocycles. The molecule has 0 radical (unpaired) electrons. The number of anilines is 1. The van der Waals surface area contributed by atoms with Gasteiger partial charge in [-0.2, -0.15) is 10.0 Å². The van der Waals surface area contributed by atoms with E-state index in [-0.39, 0.29) is 19.8 Å². The number of hydrogen-bond acceptors (Lipinski definition) is 8. The highest BCUT2D eigenvalue weighted by molar-refractivity contribution is 5.88. The van der Waals surface area contributed by atoms with Gasteiger partial charge in [0.25, 0.3) is 0 Å². The van der Waals surface area contributed by atoms with Crippen LogP contribution < -0.4 is 9.64 Å². The van der Waals surface area contributed by atoms with Crippen LogP contribution in [0.15, 0.2) is 54.6 Å². The Labute approximate surface area is 198 Å². The fourth-order valence-corrected chi connectivity index (χ4v) is 3.75. The van der Waals surface area contributed by atoms with Crippen molar-refractivity contribution in [1.82, 2.24) is 10.0 Å². The topological polar surface area (TPSA) is 97.9 Å². The molecule has 1 heterocycles. The zero-order valence-electron chi connectivity index (χ0n) is 19.7. The number of esters is 1. The van der Waals surface area contributed by atoms with Crippen molar-refractivity contribution in [1.29, 1.82) is 0 Å². The number of carbonyl (C=O) groups is 3. The number of para-hydroxylation sites is 1. The molecule has 1 aliphatic rings. The van der Waals surface area contributed by atoms with E-state index in [1.807, 2.05) is 6.07 Å². The monoisotopic (exact) mass is 471 g/mol. The molecule has 3 rings (SSSR count). The normalized spacial score (nSPS) is 17.4. The first kappa shape index (κ1) is 24.7. The first-order chi connectivity index (χ1) is 16.5. The van der Waals surface area contributed by atoms with E-state index in [9.17, 15) is 14.4 Å². The highest BCUT2D eigenvalue weighted by atomic mass is 16.6. The van der Waals surface area contributed by atoms with Gasteiger partial charge in [-0.25, -0.2) is 14.4 Å². The molecular weight excluding hydrogens is 442 g/mol. The fraction of sp³-hybridized carbons (Fsp3) is 0.375. The number of carbonyl (C=O) groups excluding carboxylic acids is 3. The zero-order valence-corrected chi connectivity index (χ0v) is 19.7. The van der Waals surface area contributed by atoms with Gasteiger partial charge in [0.05, 0.1) is 26.9 Å². The molecule has 0 N–H and O–H groups in total. The molecule has 2 atom stereocenters. The lowest BCUT2D eigenvalue weighted by molar-refractivity contribution is -0.150. The maximum atomic E-state index is 13.2. The van der Waals surface area contributed by atoms with Gasteiger partial charge in [-0.1, -0.05) is 30.3 Å². The van der Waals surface area contributed by atoms with Gasteiger partial charge in [-0.15, -0.1) is 0 Å². The van der Waals surface area contributed by atoms with Crippen LogP contribution in [-0.4, -0.2) is 61.3 Å². The maximum absolute atomic E-state index is 13.2. The zero-order chi connectivity index (χ0) is 24.7. The molecule has 0 aromatic heterocycles. The lowest BCUT2D eigenvalue weighted by Crippen LogP contribution is -2.53. The largest absolute Gasteiger partial charge is 0.497 e. The van der Waals surface area contributed by atoms with Crippen molar-refractivity contribution < 1.29 is 33.3 Å². The quantitative estimate of drug-likeness (QED) is 0.443. The molecule has 10 nitrogen and oxygen atoms in total. The molecule has 1 aliphatic heterocycles. The fourth-order valence-electron chi connectivity index (χ4n) is 3.75. The predicted octanol–water partition coefficient (Wildman–Crippen LogP) is 3.94. The molecule has 2 amide bonds. The van der Waals surface area contributed by atoms with Crippen LogP contribution in [0, 0.1) is 0 Å². The van der Waals surface area contributed by atoms with Gasteiger partial charge in [0.2, 0.25) is 6.17 Å². The summed E-state index contributed by atoms with van der Waals surface area (Å²) in [6.07, 6.45) is -3.95. The van der Waals surface area contributed by atoms with E-state index >= 15 is 0 Å². The summed E-state index contributed by atoms with van der Waals surface area (Å²) in [5.41, 5.74) is 1.20. The average Bonchev–Trinajstić information content (AvgIpc) is 3.21. The molecule has 1 saturated heterocycles. The molecule has 2 aromatic rings. The Morgan fingerprint density at radius 1 is 0.765 bits per heavy atom. The molecule has 0 unspecified atom stereocenters. The molecule has 34 heavy (non-hydrogen) atoms. The molecule has 182 valence electrons. The smallest absolute Gasteiger partial charge is 0.431 e. The van der Waals surface area contributed by atoms with Gasteiger partial charge in [0.1, 0.15) is 5.75 Å². The number of methoxy groups -OCH3 is 1. The summed E-state index contributed by atoms with van der Waals surface area (Å²) in [6, 6.07) is 15.9. The summed E-state index contributed by atoms with van der Waals surface area (Å²) in [4.78, 5) is 41.2. The van der Waals surface area contributed by atoms with E-state index in [0.29, 0.717) is 17.0 Å². The first-order valence-electron chi connectivity index (χ1n) is 11.0. The van der Waals surface area contributed by atoms with Gasteiger partial charge in [0, 0.05) is 5.69 Å². The van der Waals surface area contributed by atoms with Gasteiger partial charge < -0.3 is 23.8 Å². The van der Waals surface area contributed by atoms with Gasteiger partial charge >= 0.3 is 18.2 Å². The Hall–Kier alpha value is -3.95. The van der Waals surface area contributed by atoms with E-state index in [4.69, 9.17) is 18.9 Å². The Balaban J connectivity index is 2.26. The number of hydrogen-bond donors (Lipinski definition) is 0. The second-order valence-electron chi connectivity index (χ2n) is 7.10. The van der Waals surface area contributed by atoms with E-state index < -0.39 is 30.5 Å². The summed E-state index contributed by atoms with van der Waals surface area (Å²) < 4.78 is 21.1. The van der Waals surface area contributed by atoms with Crippen LogP contribution in [0.1, 0.15) is 32.5 Å². The van der Waals surface area contributed by atoms with Crippen LogP contribution >= 0.6 is 0 Å². The third-order valence-electron chi connectivity index (χ3n) is 5.10. The Bertz CT molecular complexity index is 984. The van der Waals surface area contributed by atoms with Crippen molar-refractivity contribution in [2.75, 3.05) is 31.8 Å². The number of rotatable bonds is 7. The summed E-state index contributed by atoms with van der Waals surface area (Å²) in [5, 5.41) is 2.05. The third-order valence-corrected chi connectivity index (χ3v) is 5.10. The molecule has 2 aromatic carbocycles. The van der Waals surface area contributed by atoms with E-state index in [0.717, 1.165) is 10.0 Å². The Morgan fingerprint density at radius 3 is 1.85 bits per heavy atom. The maximum Gasteiger partial charge on any atom is 0.431 e. The van der Waals surface area contributed by atoms with Crippen LogP contribution in [0.5, 0.6) is 5.75 Å². The molecule has 1 fully saturated rings. The minimum Gasteiger partial charge on any atom is -0.497 e. The predicted molar refractivity (Wildman–Crippen MR) is 123 cm³/mol. The minimum atomic E-state index is -1.32. The first-order valence-corrected chi connectivity index (χ1v) is 11.0. The number of nitrogens with zero attached hydrogens (tertiary/aromatic N) is 3. The van der Waals surface area contributed by atoms with Crippen molar-refractivity contribution in [2.45, 2.75) is 33.1 Å². The standard InChI is InChI=1S/C24H29N3O7/c1-5-32-22(28)21-25(18-11-9-8-10-12-18)20(17-13-15-19(31-4)16-14-17)26(23(29)33-6-2)27(21)24(30)34-7-3/h8-16,20-21H,5-7H2,1-4H3/t20-,21-/m1/s1. The number of ether oxygens (including phenoxy) is 4. The van der Waals surface area contributed by atoms with E-state index in [1.165, 1.54) is 0 Å². The SMILES string of the molecule is CCOC(=O)[C@@H]1N(c2ccccc2)[C@@H](c2ccc(OC)cc2)N(C(=O)OCC)N1C(=O)OCC. The highest BCUT2D eigenvalue weighted by Gasteiger charge is 2.56. The summed E-state index contributed by atoms with van der Waals surface area (Å²) in [7, 11) is 1.55.